The van der Waals surface area contributed by atoms with Crippen molar-refractivity contribution < 1.29 is 19.1 Å². The van der Waals surface area contributed by atoms with Crippen LogP contribution in [0.25, 0.3) is 0 Å². The van der Waals surface area contributed by atoms with E-state index in [1.807, 2.05) is 55.6 Å². The number of esters is 1. The Hall–Kier alpha value is -3.53. The Kier molecular flexibility index (Phi) is 9.64. The Labute approximate surface area is 231 Å². The minimum Gasteiger partial charge on any atom is -0.485 e. The molecule has 1 aliphatic rings. The number of benzene rings is 1. The third-order valence-electron chi connectivity index (χ3n) is 6.34. The highest BCUT2D eigenvalue weighted by atomic mass is 79.9. The SMILES string of the molecule is CCOC(=O)CNC(=O)c1nc(CC2CCN(c3ccc(Br)cn3)CC2)nc(C)c1OCc1ccccc1. The summed E-state index contributed by atoms with van der Waals surface area (Å²) in [5.41, 5.74) is 1.67. The summed E-state index contributed by atoms with van der Waals surface area (Å²) in [6.45, 7) is 5.59. The first-order chi connectivity index (χ1) is 18.4. The molecule has 2 aromatic heterocycles. The smallest absolute Gasteiger partial charge is 0.325 e. The summed E-state index contributed by atoms with van der Waals surface area (Å²) in [6, 6.07) is 13.7. The van der Waals surface area contributed by atoms with Crippen LogP contribution in [0.4, 0.5) is 5.82 Å². The van der Waals surface area contributed by atoms with E-state index in [0.717, 1.165) is 41.8 Å². The Balaban J connectivity index is 1.47. The van der Waals surface area contributed by atoms with E-state index in [9.17, 15) is 9.59 Å². The number of carbonyl (C=O) groups is 2. The molecule has 3 aromatic rings. The summed E-state index contributed by atoms with van der Waals surface area (Å²) in [5, 5.41) is 2.61. The predicted octanol–water partition coefficient (Wildman–Crippen LogP) is 4.27. The molecule has 0 aliphatic carbocycles. The second-order valence-corrected chi connectivity index (χ2v) is 10.0. The van der Waals surface area contributed by atoms with Crippen molar-refractivity contribution in [3.8, 4) is 5.75 Å². The number of aryl methyl sites for hydroxylation is 1. The molecule has 1 N–H and O–H groups in total. The summed E-state index contributed by atoms with van der Waals surface area (Å²) in [6.07, 6.45) is 4.40. The number of hydrogen-bond acceptors (Lipinski definition) is 8. The van der Waals surface area contributed by atoms with Crippen LogP contribution in [0.5, 0.6) is 5.75 Å². The number of nitrogens with zero attached hydrogens (tertiary/aromatic N) is 4. The fraction of sp³-hybridized carbons (Fsp3) is 0.393. The van der Waals surface area contributed by atoms with Gasteiger partial charge in [-0.2, -0.15) is 0 Å². The van der Waals surface area contributed by atoms with Crippen LogP contribution >= 0.6 is 15.9 Å². The van der Waals surface area contributed by atoms with Gasteiger partial charge in [-0.05, 0) is 66.2 Å². The van der Waals surface area contributed by atoms with Gasteiger partial charge >= 0.3 is 5.97 Å². The van der Waals surface area contributed by atoms with Crippen LogP contribution in [-0.2, 0) is 22.6 Å². The molecule has 4 rings (SSSR count). The van der Waals surface area contributed by atoms with Gasteiger partial charge < -0.3 is 19.7 Å². The molecule has 1 fully saturated rings. The van der Waals surface area contributed by atoms with Gasteiger partial charge in [0.05, 0.1) is 12.3 Å². The summed E-state index contributed by atoms with van der Waals surface area (Å²) in [5.74, 6) is 1.26. The van der Waals surface area contributed by atoms with E-state index >= 15 is 0 Å². The molecule has 0 radical (unpaired) electrons. The number of halogens is 1. The maximum absolute atomic E-state index is 13.1. The van der Waals surface area contributed by atoms with Crippen molar-refractivity contribution in [2.24, 2.45) is 5.92 Å². The standard InChI is InChI=1S/C28H32BrN5O4/c1-3-37-25(35)17-31-28(36)26-27(38-18-21-7-5-4-6-8-21)19(2)32-23(33-26)15-20-11-13-34(14-12-20)24-10-9-22(29)16-30-24/h4-10,16,20H,3,11-15,17-18H2,1-2H3,(H,31,36). The molecular weight excluding hydrogens is 550 g/mol. The van der Waals surface area contributed by atoms with Crippen LogP contribution in [0.1, 0.15) is 47.3 Å². The minimum atomic E-state index is -0.509. The first-order valence-electron chi connectivity index (χ1n) is 12.8. The molecule has 1 amide bonds. The highest BCUT2D eigenvalue weighted by molar-refractivity contribution is 9.10. The Morgan fingerprint density at radius 3 is 2.55 bits per heavy atom. The number of carbonyl (C=O) groups excluding carboxylic acids is 2. The normalized spacial score (nSPS) is 13.7. The monoisotopic (exact) mass is 581 g/mol. The van der Waals surface area contributed by atoms with E-state index in [2.05, 4.69) is 36.1 Å². The van der Waals surface area contributed by atoms with Gasteiger partial charge in [0.15, 0.2) is 11.4 Å². The summed E-state index contributed by atoms with van der Waals surface area (Å²) in [4.78, 5) is 41.0. The average Bonchev–Trinajstić information content (AvgIpc) is 2.92. The fourth-order valence-corrected chi connectivity index (χ4v) is 4.63. The molecule has 1 saturated heterocycles. The van der Waals surface area contributed by atoms with Crippen molar-refractivity contribution >= 4 is 33.6 Å². The second-order valence-electron chi connectivity index (χ2n) is 9.13. The molecule has 3 heterocycles. The maximum Gasteiger partial charge on any atom is 0.325 e. The van der Waals surface area contributed by atoms with E-state index < -0.39 is 11.9 Å². The number of ether oxygens (including phenoxy) is 2. The lowest BCUT2D eigenvalue weighted by molar-refractivity contribution is -0.141. The van der Waals surface area contributed by atoms with Crippen LogP contribution in [0.2, 0.25) is 0 Å². The van der Waals surface area contributed by atoms with Crippen molar-refractivity contribution in [3.05, 3.63) is 75.9 Å². The Morgan fingerprint density at radius 2 is 1.87 bits per heavy atom. The van der Waals surface area contributed by atoms with E-state index in [0.29, 0.717) is 29.6 Å². The zero-order chi connectivity index (χ0) is 26.9. The van der Waals surface area contributed by atoms with Gasteiger partial charge in [0, 0.05) is 30.2 Å². The third-order valence-corrected chi connectivity index (χ3v) is 6.81. The van der Waals surface area contributed by atoms with Gasteiger partial charge in [0.2, 0.25) is 0 Å². The molecule has 10 heteroatoms. The second kappa shape index (κ2) is 13.3. The number of rotatable bonds is 10. The highest BCUT2D eigenvalue weighted by Gasteiger charge is 2.25. The maximum atomic E-state index is 13.1. The van der Waals surface area contributed by atoms with Gasteiger partial charge in [0.25, 0.3) is 5.91 Å². The number of nitrogens with one attached hydrogen (secondary N) is 1. The molecule has 0 atom stereocenters. The lowest BCUT2D eigenvalue weighted by Crippen LogP contribution is -2.35. The minimum absolute atomic E-state index is 0.129. The van der Waals surface area contributed by atoms with Crippen LogP contribution in [0.15, 0.2) is 53.1 Å². The van der Waals surface area contributed by atoms with Gasteiger partial charge in [0.1, 0.15) is 24.8 Å². The first-order valence-corrected chi connectivity index (χ1v) is 13.6. The van der Waals surface area contributed by atoms with Crippen molar-refractivity contribution in [1.82, 2.24) is 20.3 Å². The van der Waals surface area contributed by atoms with E-state index in [-0.39, 0.29) is 25.5 Å². The quantitative estimate of drug-likeness (QED) is 0.354. The van der Waals surface area contributed by atoms with Crippen LogP contribution in [-0.4, -0.2) is 53.1 Å². The van der Waals surface area contributed by atoms with Crippen LogP contribution in [0.3, 0.4) is 0 Å². The third kappa shape index (κ3) is 7.50. The molecule has 0 spiro atoms. The van der Waals surface area contributed by atoms with Crippen molar-refractivity contribution in [1.29, 1.82) is 0 Å². The van der Waals surface area contributed by atoms with Crippen LogP contribution in [0, 0.1) is 12.8 Å². The summed E-state index contributed by atoms with van der Waals surface area (Å²) in [7, 11) is 0. The van der Waals surface area contributed by atoms with E-state index in [1.165, 1.54) is 0 Å². The molecule has 38 heavy (non-hydrogen) atoms. The number of aromatic nitrogens is 3. The number of piperidine rings is 1. The lowest BCUT2D eigenvalue weighted by atomic mass is 9.93. The largest absolute Gasteiger partial charge is 0.485 e. The molecule has 0 saturated carbocycles. The molecule has 1 aliphatic heterocycles. The number of anilines is 1. The van der Waals surface area contributed by atoms with E-state index in [1.54, 1.807) is 6.92 Å². The lowest BCUT2D eigenvalue weighted by Gasteiger charge is -2.32. The molecule has 0 bridgehead atoms. The van der Waals surface area contributed by atoms with Gasteiger partial charge in [-0.15, -0.1) is 0 Å². The number of pyridine rings is 1. The highest BCUT2D eigenvalue weighted by Crippen LogP contribution is 2.27. The van der Waals surface area contributed by atoms with Gasteiger partial charge in [-0.1, -0.05) is 30.3 Å². The van der Waals surface area contributed by atoms with Crippen molar-refractivity contribution in [2.45, 2.75) is 39.7 Å². The molecule has 200 valence electrons. The summed E-state index contributed by atoms with van der Waals surface area (Å²) >= 11 is 3.43. The van der Waals surface area contributed by atoms with Crippen LogP contribution < -0.4 is 15.0 Å². The Bertz CT molecular complexity index is 1230. The number of amides is 1. The topological polar surface area (TPSA) is 107 Å². The van der Waals surface area contributed by atoms with Gasteiger partial charge in [-0.3, -0.25) is 9.59 Å². The zero-order valence-corrected chi connectivity index (χ0v) is 23.2. The van der Waals surface area contributed by atoms with Crippen molar-refractivity contribution in [2.75, 3.05) is 31.1 Å². The van der Waals surface area contributed by atoms with E-state index in [4.69, 9.17) is 14.5 Å². The number of hydrogen-bond donors (Lipinski definition) is 1. The first kappa shape index (κ1) is 27.5. The fourth-order valence-electron chi connectivity index (χ4n) is 4.40. The van der Waals surface area contributed by atoms with Gasteiger partial charge in [-0.25, -0.2) is 15.0 Å². The predicted molar refractivity (Wildman–Crippen MR) is 147 cm³/mol. The van der Waals surface area contributed by atoms with Crippen molar-refractivity contribution in [3.63, 3.8) is 0 Å². The summed E-state index contributed by atoms with van der Waals surface area (Å²) < 4.78 is 11.9. The molecule has 9 nitrogen and oxygen atoms in total. The molecule has 0 unspecified atom stereocenters. The Morgan fingerprint density at radius 1 is 1.11 bits per heavy atom. The molecular formula is C28H32BrN5O4. The zero-order valence-electron chi connectivity index (χ0n) is 21.7. The molecule has 1 aromatic carbocycles. The average molecular weight is 582 g/mol.